The predicted octanol–water partition coefficient (Wildman–Crippen LogP) is 1.16. The zero-order valence-electron chi connectivity index (χ0n) is 11.5. The molecule has 3 amide bonds. The van der Waals surface area contributed by atoms with Crippen molar-refractivity contribution in [3.05, 3.63) is 29.3 Å². The van der Waals surface area contributed by atoms with E-state index in [-0.39, 0.29) is 13.1 Å². The van der Waals surface area contributed by atoms with Crippen molar-refractivity contribution in [3.63, 3.8) is 0 Å². The fraction of sp³-hybridized carbons (Fsp3) is 0.308. The molecule has 0 aromatic heterocycles. The molecule has 0 heterocycles. The summed E-state index contributed by atoms with van der Waals surface area (Å²) in [7, 11) is 0. The van der Waals surface area contributed by atoms with E-state index in [0.717, 1.165) is 4.90 Å². The van der Waals surface area contributed by atoms with Crippen molar-refractivity contribution in [1.29, 1.82) is 0 Å². The van der Waals surface area contributed by atoms with Crippen molar-refractivity contribution in [2.75, 3.05) is 24.5 Å². The maximum Gasteiger partial charge on any atom is 0.325 e. The van der Waals surface area contributed by atoms with Crippen LogP contribution >= 0.6 is 11.6 Å². The molecule has 0 aliphatic rings. The van der Waals surface area contributed by atoms with Crippen molar-refractivity contribution >= 4 is 35.2 Å². The lowest BCUT2D eigenvalue weighted by Crippen LogP contribution is -2.48. The van der Waals surface area contributed by atoms with Gasteiger partial charge in [0.15, 0.2) is 0 Å². The van der Waals surface area contributed by atoms with Crippen LogP contribution in [0, 0.1) is 0 Å². The monoisotopic (exact) mass is 313 g/mol. The largest absolute Gasteiger partial charge is 0.480 e. The van der Waals surface area contributed by atoms with E-state index >= 15 is 0 Å². The molecule has 0 saturated heterocycles. The molecule has 0 radical (unpaired) electrons. The summed E-state index contributed by atoms with van der Waals surface area (Å²) in [6, 6.07) is 5.54. The molecule has 0 aliphatic heterocycles. The molecule has 21 heavy (non-hydrogen) atoms. The van der Waals surface area contributed by atoms with Gasteiger partial charge in [0.2, 0.25) is 5.91 Å². The van der Waals surface area contributed by atoms with Gasteiger partial charge in [0.05, 0.1) is 0 Å². The second-order valence-corrected chi connectivity index (χ2v) is 4.66. The average molecular weight is 314 g/mol. The zero-order chi connectivity index (χ0) is 16.0. The maximum absolute atomic E-state index is 12.4. The molecular weight excluding hydrogens is 298 g/mol. The molecule has 8 heteroatoms. The van der Waals surface area contributed by atoms with Crippen molar-refractivity contribution in [2.24, 2.45) is 5.73 Å². The molecule has 1 rings (SSSR count). The van der Waals surface area contributed by atoms with E-state index in [9.17, 15) is 14.4 Å². The van der Waals surface area contributed by atoms with Gasteiger partial charge in [-0.15, -0.1) is 0 Å². The van der Waals surface area contributed by atoms with Gasteiger partial charge in [-0.3, -0.25) is 14.5 Å². The van der Waals surface area contributed by atoms with Crippen molar-refractivity contribution < 1.29 is 19.5 Å². The minimum absolute atomic E-state index is 0.228. The van der Waals surface area contributed by atoms with Gasteiger partial charge in [-0.2, -0.15) is 0 Å². The predicted molar refractivity (Wildman–Crippen MR) is 78.3 cm³/mol. The minimum atomic E-state index is -1.17. The molecule has 0 unspecified atom stereocenters. The standard InChI is InChI=1S/C13H16ClN3O4/c1-2-16(7-11(15)18)13(21)17(8-12(19)20)10-5-3-9(14)4-6-10/h3-6H,2,7-8H2,1H3,(H2,15,18)(H,19,20). The molecule has 0 saturated carbocycles. The highest BCUT2D eigenvalue weighted by Gasteiger charge is 2.24. The summed E-state index contributed by atoms with van der Waals surface area (Å²) in [5.41, 5.74) is 5.45. The van der Waals surface area contributed by atoms with Crippen LogP contribution in [0.3, 0.4) is 0 Å². The van der Waals surface area contributed by atoms with Crippen LogP contribution in [0.4, 0.5) is 10.5 Å². The number of hydrogen-bond donors (Lipinski definition) is 2. The smallest absolute Gasteiger partial charge is 0.325 e. The Morgan fingerprint density at radius 3 is 2.19 bits per heavy atom. The summed E-state index contributed by atoms with van der Waals surface area (Å²) >= 11 is 5.77. The third-order valence-corrected chi connectivity index (χ3v) is 2.91. The van der Waals surface area contributed by atoms with E-state index in [2.05, 4.69) is 0 Å². The number of carboxylic acids is 1. The number of carboxylic acid groups (broad SMARTS) is 1. The topological polar surface area (TPSA) is 104 Å². The van der Waals surface area contributed by atoms with Crippen molar-refractivity contribution in [3.8, 4) is 0 Å². The Balaban J connectivity index is 3.05. The number of benzene rings is 1. The van der Waals surface area contributed by atoms with Gasteiger partial charge in [0.1, 0.15) is 13.1 Å². The summed E-state index contributed by atoms with van der Waals surface area (Å²) in [4.78, 5) is 36.5. The molecular formula is C13H16ClN3O4. The number of nitrogens with two attached hydrogens (primary N) is 1. The van der Waals surface area contributed by atoms with Crippen LogP contribution in [0.5, 0.6) is 0 Å². The number of primary amides is 1. The highest BCUT2D eigenvalue weighted by Crippen LogP contribution is 2.19. The van der Waals surface area contributed by atoms with Crippen LogP contribution in [0.2, 0.25) is 5.02 Å². The van der Waals surface area contributed by atoms with Crippen molar-refractivity contribution in [2.45, 2.75) is 6.92 Å². The molecule has 1 aromatic rings. The lowest BCUT2D eigenvalue weighted by atomic mass is 10.3. The maximum atomic E-state index is 12.4. The first-order chi connectivity index (χ1) is 9.85. The molecule has 0 spiro atoms. The van der Waals surface area contributed by atoms with E-state index in [0.29, 0.717) is 10.7 Å². The number of nitrogens with zero attached hydrogens (tertiary/aromatic N) is 2. The number of aliphatic carboxylic acids is 1. The van der Waals surface area contributed by atoms with Gasteiger partial charge in [0.25, 0.3) is 0 Å². The van der Waals surface area contributed by atoms with E-state index in [1.165, 1.54) is 17.0 Å². The third-order valence-electron chi connectivity index (χ3n) is 2.66. The first kappa shape index (κ1) is 16.8. The molecule has 114 valence electrons. The summed E-state index contributed by atoms with van der Waals surface area (Å²) in [6.07, 6.45) is 0. The summed E-state index contributed by atoms with van der Waals surface area (Å²) in [5.74, 6) is -1.84. The summed E-state index contributed by atoms with van der Waals surface area (Å²) in [5, 5.41) is 9.42. The number of urea groups is 1. The number of amides is 3. The average Bonchev–Trinajstić information content (AvgIpc) is 2.42. The van der Waals surface area contributed by atoms with Gasteiger partial charge in [-0.1, -0.05) is 11.6 Å². The normalized spacial score (nSPS) is 10.0. The SMILES string of the molecule is CCN(CC(N)=O)C(=O)N(CC(=O)O)c1ccc(Cl)cc1. The van der Waals surface area contributed by atoms with Crippen LogP contribution in [0.15, 0.2) is 24.3 Å². The number of halogens is 1. The van der Waals surface area contributed by atoms with E-state index in [4.69, 9.17) is 22.4 Å². The number of carbonyl (C=O) groups is 3. The van der Waals surface area contributed by atoms with E-state index in [1.54, 1.807) is 19.1 Å². The van der Waals surface area contributed by atoms with Gasteiger partial charge >= 0.3 is 12.0 Å². The lowest BCUT2D eigenvalue weighted by Gasteiger charge is -2.28. The molecule has 3 N–H and O–H groups in total. The molecule has 0 fully saturated rings. The van der Waals surface area contributed by atoms with Gasteiger partial charge in [-0.05, 0) is 31.2 Å². The van der Waals surface area contributed by atoms with Gasteiger partial charge in [0, 0.05) is 17.3 Å². The number of hydrogen-bond acceptors (Lipinski definition) is 3. The Kier molecular flexibility index (Phi) is 5.98. The van der Waals surface area contributed by atoms with Crippen molar-refractivity contribution in [1.82, 2.24) is 4.90 Å². The van der Waals surface area contributed by atoms with Crippen LogP contribution in [-0.2, 0) is 9.59 Å². The highest BCUT2D eigenvalue weighted by molar-refractivity contribution is 6.30. The first-order valence-corrected chi connectivity index (χ1v) is 6.55. The second-order valence-electron chi connectivity index (χ2n) is 4.22. The Morgan fingerprint density at radius 1 is 1.19 bits per heavy atom. The highest BCUT2D eigenvalue weighted by atomic mass is 35.5. The number of anilines is 1. The van der Waals surface area contributed by atoms with E-state index < -0.39 is 24.5 Å². The van der Waals surface area contributed by atoms with Crippen LogP contribution in [-0.4, -0.2) is 47.5 Å². The fourth-order valence-electron chi connectivity index (χ4n) is 1.70. The van der Waals surface area contributed by atoms with E-state index in [1.807, 2.05) is 0 Å². The fourth-order valence-corrected chi connectivity index (χ4v) is 1.83. The molecule has 0 aliphatic carbocycles. The Hall–Kier alpha value is -2.28. The number of carbonyl (C=O) groups excluding carboxylic acids is 2. The Bertz CT molecular complexity index is 533. The number of rotatable bonds is 6. The molecule has 1 aromatic carbocycles. The van der Waals surface area contributed by atoms with Crippen LogP contribution < -0.4 is 10.6 Å². The van der Waals surface area contributed by atoms with Gasteiger partial charge < -0.3 is 15.7 Å². The molecule has 7 nitrogen and oxygen atoms in total. The third kappa shape index (κ3) is 4.96. The van der Waals surface area contributed by atoms with Gasteiger partial charge in [-0.25, -0.2) is 4.79 Å². The van der Waals surface area contributed by atoms with Crippen LogP contribution in [0.1, 0.15) is 6.92 Å². The first-order valence-electron chi connectivity index (χ1n) is 6.17. The molecule has 0 bridgehead atoms. The van der Waals surface area contributed by atoms with Crippen LogP contribution in [0.25, 0.3) is 0 Å². The second kappa shape index (κ2) is 7.49. The quantitative estimate of drug-likeness (QED) is 0.822. The minimum Gasteiger partial charge on any atom is -0.480 e. The zero-order valence-corrected chi connectivity index (χ0v) is 12.2. The Labute approximate surface area is 126 Å². The molecule has 0 atom stereocenters. The Morgan fingerprint density at radius 2 is 1.76 bits per heavy atom. The summed E-state index contributed by atoms with van der Waals surface area (Å²) in [6.45, 7) is 1.09. The summed E-state index contributed by atoms with van der Waals surface area (Å²) < 4.78 is 0. The lowest BCUT2D eigenvalue weighted by molar-refractivity contribution is -0.135. The number of likely N-dealkylation sites (N-methyl/N-ethyl adjacent to an activating group) is 1.